The summed E-state index contributed by atoms with van der Waals surface area (Å²) in [7, 11) is -8.49. The van der Waals surface area contributed by atoms with Crippen molar-refractivity contribution in [3.8, 4) is 34.9 Å². The topological polar surface area (TPSA) is 368 Å². The molecule has 2 atom stereocenters. The molecular weight excluding hydrogens is 1710 g/mol. The number of anilines is 2. The number of benzene rings is 2. The van der Waals surface area contributed by atoms with Crippen LogP contribution in [0.15, 0.2) is 144 Å². The molecule has 2 aliphatic carbocycles. The van der Waals surface area contributed by atoms with Crippen molar-refractivity contribution in [1.29, 1.82) is 0 Å². The van der Waals surface area contributed by atoms with E-state index in [1.54, 1.807) is 11.0 Å². The van der Waals surface area contributed by atoms with E-state index in [9.17, 15) is 62.4 Å². The second kappa shape index (κ2) is 40.4. The zero-order chi connectivity index (χ0) is 89.7. The van der Waals surface area contributed by atoms with Gasteiger partial charge in [0.1, 0.15) is 34.7 Å². The Morgan fingerprint density at radius 3 is 1.30 bits per heavy atom. The predicted molar refractivity (Wildman–Crippen MR) is 453 cm³/mol. The number of amides is 3. The molecule has 6 N–H and O–H groups in total. The molecule has 2 aliphatic heterocycles. The van der Waals surface area contributed by atoms with E-state index in [4.69, 9.17) is 61.9 Å². The van der Waals surface area contributed by atoms with Gasteiger partial charge in [0.05, 0.1) is 35.2 Å². The van der Waals surface area contributed by atoms with Crippen molar-refractivity contribution in [2.24, 2.45) is 27.8 Å². The van der Waals surface area contributed by atoms with Crippen LogP contribution in [0.5, 0.6) is 23.3 Å². The molecule has 4 aliphatic rings. The number of carboxylic acids is 1. The number of pyridine rings is 4. The number of aromatic nitrogens is 8. The van der Waals surface area contributed by atoms with Crippen LogP contribution < -0.4 is 39.4 Å². The van der Waals surface area contributed by atoms with Gasteiger partial charge in [-0.1, -0.05) is 91.3 Å². The number of alkyl halides is 6. The smallest absolute Gasteiger partial charge is 0.410 e. The fourth-order valence-electron chi connectivity index (χ4n) is 14.3. The van der Waals surface area contributed by atoms with Crippen molar-refractivity contribution in [3.05, 3.63) is 166 Å². The molecule has 2 saturated heterocycles. The number of carbonyl (C=O) groups excluding carboxylic acids is 3. The molecule has 3 amide bonds. The van der Waals surface area contributed by atoms with Gasteiger partial charge < -0.3 is 54.0 Å². The molecule has 8 heterocycles. The fraction of sp³-hybridized carbons (Fsp3) is 0.506. The molecule has 2 saturated carbocycles. The number of sulfonamides is 2. The number of carbonyl (C=O) groups is 4. The molecule has 0 spiro atoms. The van der Waals surface area contributed by atoms with Crippen LogP contribution in [0.4, 0.5) is 47.6 Å². The summed E-state index contributed by atoms with van der Waals surface area (Å²) in [5.41, 5.74) is -3.41. The third-order valence-electron chi connectivity index (χ3n) is 21.0. The maximum Gasteiger partial charge on any atom is 0.410 e. The Balaban J connectivity index is 0.000000233. The van der Waals surface area contributed by atoms with Crippen molar-refractivity contribution in [1.82, 2.24) is 54.0 Å². The van der Waals surface area contributed by atoms with Crippen molar-refractivity contribution in [2.45, 2.75) is 224 Å². The molecule has 0 unspecified atom stereocenters. The van der Waals surface area contributed by atoms with Crippen LogP contribution in [0.3, 0.4) is 0 Å². The van der Waals surface area contributed by atoms with Gasteiger partial charge in [-0.2, -0.15) is 34.8 Å². The summed E-state index contributed by atoms with van der Waals surface area (Å²) in [6.07, 6.45) is 0.0254. The Morgan fingerprint density at radius 2 is 0.927 bits per heavy atom. The minimum Gasteiger partial charge on any atom is -0.485 e. The molecule has 12 rings (SSSR count). The number of halogens is 8. The van der Waals surface area contributed by atoms with E-state index in [1.165, 1.54) is 76.4 Å². The normalized spacial score (nSPS) is 16.8. The molecule has 124 heavy (non-hydrogen) atoms. The van der Waals surface area contributed by atoms with Gasteiger partial charge in [-0.05, 0) is 231 Å². The SMILES string of the molecule is C.CC(C)(C)OC(=O)N1C[C@@H](CCCNc2nc(S(=O)(=O)NC(=O)c3ccc(-n4ccc(OCCCC5(C(F)(F)F)CC5)n4)nc3Cl)ccc2OCc2ccccc2)CC1(C)C.CC(C)(C)OC(=O)N1C[C@@H](CCCNc2nc(S(N)(=O)=O)ccc2OCc2ccccc2)CC1(C)C.O=C(O)c1ccc(-n2ccc(OCCCC3(C(F)(F)F)CC3)n2)nc1Cl. The van der Waals surface area contributed by atoms with Gasteiger partial charge in [0.15, 0.2) is 44.8 Å². The first-order valence-corrected chi connectivity index (χ1v) is 43.9. The average Bonchev–Trinajstić information content (AvgIpc) is 1.60. The highest BCUT2D eigenvalue weighted by atomic mass is 35.5. The van der Waals surface area contributed by atoms with Gasteiger partial charge >= 0.3 is 30.5 Å². The number of nitrogens with two attached hydrogens (primary N) is 1. The van der Waals surface area contributed by atoms with E-state index < -0.39 is 71.3 Å². The van der Waals surface area contributed by atoms with Crippen LogP contribution in [-0.4, -0.2) is 169 Å². The maximum absolute atomic E-state index is 13.6. The van der Waals surface area contributed by atoms with E-state index >= 15 is 0 Å². The lowest BCUT2D eigenvalue weighted by Crippen LogP contribution is -2.45. The monoisotopic (exact) mass is 1810 g/mol. The summed E-state index contributed by atoms with van der Waals surface area (Å²) in [6.45, 7) is 22.2. The lowest BCUT2D eigenvalue weighted by atomic mass is 9.93. The third kappa shape index (κ3) is 27.1. The second-order valence-electron chi connectivity index (χ2n) is 34.1. The zero-order valence-corrected chi connectivity index (χ0v) is 73.1. The summed E-state index contributed by atoms with van der Waals surface area (Å²) in [5.74, 6) is 0.428. The Bertz CT molecular complexity index is 5220. The van der Waals surface area contributed by atoms with Gasteiger partial charge in [0.25, 0.3) is 26.0 Å². The second-order valence-corrected chi connectivity index (χ2v) is 37.9. The number of ether oxygens (including phenoxy) is 6. The summed E-state index contributed by atoms with van der Waals surface area (Å²) in [4.78, 5) is 70.1. The lowest BCUT2D eigenvalue weighted by molar-refractivity contribution is -0.190. The van der Waals surface area contributed by atoms with Crippen molar-refractivity contribution in [2.75, 3.05) is 50.0 Å². The number of aromatic carboxylic acids is 1. The van der Waals surface area contributed by atoms with Gasteiger partial charge in [-0.15, -0.1) is 10.2 Å². The molecule has 6 aromatic heterocycles. The first kappa shape index (κ1) is 97.6. The van der Waals surface area contributed by atoms with E-state index in [0.717, 1.165) is 43.2 Å². The fourth-order valence-corrected chi connectivity index (χ4v) is 16.1. The quantitative estimate of drug-likeness (QED) is 0.0145. The standard InChI is InChI=1S/C42H51ClF3N7O7S.C26H38N4O5S.C16H15ClF3N3O3.CH4/c1-39(2,3)60-38(55)52-26-29(25-40(52,4)5)13-9-22-47-36-31(59-27-28-11-7-6-8-12-28)15-17-34(49-36)61(56,57)51-37(54)30-14-16-32(48-35(30)43)53-23-18-33(50-53)58-24-10-19-41(20-21-41)42(44,45)46;1-25(2,3)35-24(31)30-17-20(16-26(30,4)5)12-9-15-28-23-21(13-14-22(29-23)36(27,32)33)34-18-19-10-7-6-8-11-19;17-13-10(14(24)25)2-3-11(21-13)23-8-4-12(22-23)26-9-1-5-15(6-7-15)16(18,19)20;/h6-8,11-12,14-18,23,29H,9-10,13,19-22,24-27H2,1-5H3,(H,47,49)(H,51,54);6-8,10-11,13-14,20H,9,12,15-18H2,1-5H3,(H,28,29)(H2,27,32,33);2-4,8H,1,5-7,9H2,(H,24,25);1H4/t29-;20-;;/m00../s1. The Morgan fingerprint density at radius 1 is 0.532 bits per heavy atom. The Hall–Kier alpha value is -10.2. The molecule has 4 fully saturated rings. The van der Waals surface area contributed by atoms with Gasteiger partial charge in [-0.25, -0.2) is 62.0 Å². The first-order valence-electron chi connectivity index (χ1n) is 40.1. The summed E-state index contributed by atoms with van der Waals surface area (Å²) in [6, 6.07) is 33.2. The molecular formula is C85H108Cl2F6N14O15S2. The van der Waals surface area contributed by atoms with Crippen molar-refractivity contribution < 1.29 is 95.9 Å². The predicted octanol–water partition coefficient (Wildman–Crippen LogP) is 18.0. The highest BCUT2D eigenvalue weighted by molar-refractivity contribution is 7.90. The van der Waals surface area contributed by atoms with Crippen LogP contribution in [0.2, 0.25) is 10.3 Å². The number of hydrogen-bond donors (Lipinski definition) is 5. The summed E-state index contributed by atoms with van der Waals surface area (Å²) in [5, 5.41) is 27.8. The summed E-state index contributed by atoms with van der Waals surface area (Å²) >= 11 is 12.2. The number of primary sulfonamides is 1. The van der Waals surface area contributed by atoms with E-state index in [1.807, 2.05) is 126 Å². The minimum absolute atomic E-state index is 0. The van der Waals surface area contributed by atoms with Gasteiger partial charge in [-0.3, -0.25) is 4.79 Å². The number of rotatable bonds is 33. The number of nitrogens with one attached hydrogen (secondary N) is 3. The Kier molecular flexibility index (Phi) is 31.8. The van der Waals surface area contributed by atoms with Gasteiger partial charge in [0.2, 0.25) is 11.8 Å². The third-order valence-corrected chi connectivity index (χ3v) is 23.6. The number of hydrogen-bond acceptors (Lipinski definition) is 22. The Labute approximate surface area is 728 Å². The largest absolute Gasteiger partial charge is 0.485 e. The lowest BCUT2D eigenvalue weighted by Gasteiger charge is -2.33. The highest BCUT2D eigenvalue weighted by Crippen LogP contribution is 2.61. The number of likely N-dealkylation sites (tertiary alicyclic amines) is 2. The summed E-state index contributed by atoms with van der Waals surface area (Å²) < 4.78 is 168. The number of carboxylic acid groups (broad SMARTS) is 1. The van der Waals surface area contributed by atoms with Crippen LogP contribution in [0.1, 0.15) is 198 Å². The van der Waals surface area contributed by atoms with Crippen molar-refractivity contribution >= 4 is 78.9 Å². The molecule has 8 aromatic rings. The van der Waals surface area contributed by atoms with Crippen LogP contribution in [0, 0.1) is 22.7 Å². The molecule has 29 nitrogen and oxygen atoms in total. The average molecular weight is 1810 g/mol. The maximum atomic E-state index is 13.6. The molecule has 0 bridgehead atoms. The molecule has 676 valence electrons. The zero-order valence-electron chi connectivity index (χ0n) is 70.0. The minimum atomic E-state index is -4.54. The van der Waals surface area contributed by atoms with E-state index in [0.29, 0.717) is 68.3 Å². The van der Waals surface area contributed by atoms with Crippen LogP contribution in [0.25, 0.3) is 11.6 Å². The number of nitrogens with zero attached hydrogens (tertiary/aromatic N) is 10. The van der Waals surface area contributed by atoms with E-state index in [-0.39, 0.29) is 158 Å². The van der Waals surface area contributed by atoms with E-state index in [2.05, 4.69) is 54.6 Å². The van der Waals surface area contributed by atoms with Gasteiger partial charge in [0, 0.05) is 61.8 Å². The molecule has 39 heteroatoms. The van der Waals surface area contributed by atoms with Crippen LogP contribution in [-0.2, 0) is 42.7 Å². The highest BCUT2D eigenvalue weighted by Gasteiger charge is 2.63. The van der Waals surface area contributed by atoms with Crippen LogP contribution >= 0.6 is 23.2 Å². The first-order chi connectivity index (χ1) is 57.6. The molecule has 2 aromatic carbocycles. The molecule has 0 radical (unpaired) electrons. The van der Waals surface area contributed by atoms with Crippen molar-refractivity contribution in [3.63, 3.8) is 0 Å².